The number of ether oxygens (including phenoxy) is 2. The summed E-state index contributed by atoms with van der Waals surface area (Å²) in [5.74, 6) is -0.184. The van der Waals surface area contributed by atoms with Gasteiger partial charge in [-0.3, -0.25) is 14.9 Å². The second-order valence-corrected chi connectivity index (χ2v) is 7.10. The topological polar surface area (TPSA) is 85.1 Å². The van der Waals surface area contributed by atoms with Crippen LogP contribution in [0.3, 0.4) is 0 Å². The van der Waals surface area contributed by atoms with Gasteiger partial charge in [0.25, 0.3) is 11.6 Å². The van der Waals surface area contributed by atoms with E-state index >= 15 is 0 Å². The van der Waals surface area contributed by atoms with Gasteiger partial charge in [0, 0.05) is 51.1 Å². The van der Waals surface area contributed by atoms with E-state index in [0.717, 1.165) is 12.1 Å². The first-order valence-corrected chi connectivity index (χ1v) is 9.82. The van der Waals surface area contributed by atoms with Crippen LogP contribution in [-0.2, 0) is 10.9 Å². The van der Waals surface area contributed by atoms with Gasteiger partial charge in [0.05, 0.1) is 22.7 Å². The minimum Gasteiger partial charge on any atom is -0.490 e. The van der Waals surface area contributed by atoms with Gasteiger partial charge in [-0.15, -0.1) is 0 Å². The van der Waals surface area contributed by atoms with Crippen LogP contribution >= 0.6 is 0 Å². The summed E-state index contributed by atoms with van der Waals surface area (Å²) in [6.07, 6.45) is -4.40. The van der Waals surface area contributed by atoms with Crippen LogP contribution in [0.2, 0.25) is 0 Å². The Labute approximate surface area is 182 Å². The Hall–Kier alpha value is -3.34. The number of halogens is 3. The number of piperazine rings is 1. The number of nitro groups is 1. The molecule has 2 aromatic rings. The Balaban J connectivity index is 1.70. The van der Waals surface area contributed by atoms with E-state index in [0.29, 0.717) is 31.9 Å². The lowest BCUT2D eigenvalue weighted by atomic mass is 10.1. The number of anilines is 1. The van der Waals surface area contributed by atoms with Crippen molar-refractivity contribution in [2.75, 3.05) is 51.4 Å². The molecule has 2 aromatic carbocycles. The summed E-state index contributed by atoms with van der Waals surface area (Å²) in [5.41, 5.74) is -0.236. The summed E-state index contributed by atoms with van der Waals surface area (Å²) < 4.78 is 48.7. The molecule has 1 aliphatic rings. The minimum atomic E-state index is -4.40. The number of benzene rings is 2. The molecule has 1 aliphatic heterocycles. The van der Waals surface area contributed by atoms with Crippen molar-refractivity contribution < 1.29 is 32.4 Å². The van der Waals surface area contributed by atoms with E-state index in [-0.39, 0.29) is 30.2 Å². The third-order valence-corrected chi connectivity index (χ3v) is 5.08. The molecule has 3 rings (SSSR count). The Morgan fingerprint density at radius 2 is 1.72 bits per heavy atom. The van der Waals surface area contributed by atoms with E-state index in [2.05, 4.69) is 0 Å². The first kappa shape index (κ1) is 23.3. The van der Waals surface area contributed by atoms with Gasteiger partial charge in [-0.2, -0.15) is 13.2 Å². The maximum absolute atomic E-state index is 13.1. The lowest BCUT2D eigenvalue weighted by Gasteiger charge is -2.36. The second kappa shape index (κ2) is 9.86. The van der Waals surface area contributed by atoms with Crippen LogP contribution in [0.25, 0.3) is 0 Å². The Kier molecular flexibility index (Phi) is 7.18. The fourth-order valence-corrected chi connectivity index (χ4v) is 3.36. The van der Waals surface area contributed by atoms with Gasteiger partial charge in [0.1, 0.15) is 12.4 Å². The van der Waals surface area contributed by atoms with E-state index < -0.39 is 22.6 Å². The molecule has 0 radical (unpaired) electrons. The molecule has 172 valence electrons. The van der Waals surface area contributed by atoms with E-state index in [1.54, 1.807) is 4.90 Å². The molecule has 0 bridgehead atoms. The molecule has 0 aromatic heterocycles. The standard InChI is InChI=1S/C21H22F3N3O5/c1-31-12-13-32-19-7-6-17(27(29)30)14-18(19)20(28)26-10-8-25(9-11-26)16-4-2-15(3-5-16)21(22,23)24/h2-7,14H,8-13H2,1H3. The van der Waals surface area contributed by atoms with Gasteiger partial charge in [-0.1, -0.05) is 0 Å². The maximum Gasteiger partial charge on any atom is 0.416 e. The number of nitro benzene ring substituents is 1. The molecule has 32 heavy (non-hydrogen) atoms. The number of non-ortho nitro benzene ring substituents is 1. The molecular weight excluding hydrogens is 431 g/mol. The number of carbonyl (C=O) groups excluding carboxylic acids is 1. The van der Waals surface area contributed by atoms with Gasteiger partial charge in [-0.05, 0) is 30.3 Å². The number of nitrogens with zero attached hydrogens (tertiary/aromatic N) is 3. The monoisotopic (exact) mass is 453 g/mol. The number of amides is 1. The van der Waals surface area contributed by atoms with Crippen LogP contribution in [0.4, 0.5) is 24.5 Å². The molecule has 11 heteroatoms. The smallest absolute Gasteiger partial charge is 0.416 e. The number of alkyl halides is 3. The third kappa shape index (κ3) is 5.47. The summed E-state index contributed by atoms with van der Waals surface area (Å²) in [5, 5.41) is 11.2. The van der Waals surface area contributed by atoms with Crippen LogP contribution in [0.5, 0.6) is 5.75 Å². The summed E-state index contributed by atoms with van der Waals surface area (Å²) in [6, 6.07) is 8.71. The number of hydrogen-bond donors (Lipinski definition) is 0. The van der Waals surface area contributed by atoms with Crippen LogP contribution in [0, 0.1) is 10.1 Å². The molecule has 0 saturated carbocycles. The van der Waals surface area contributed by atoms with Crippen molar-refractivity contribution in [3.05, 3.63) is 63.7 Å². The highest BCUT2D eigenvalue weighted by molar-refractivity contribution is 5.97. The average Bonchev–Trinajstić information content (AvgIpc) is 2.78. The molecule has 1 amide bonds. The predicted molar refractivity (Wildman–Crippen MR) is 110 cm³/mol. The first-order valence-electron chi connectivity index (χ1n) is 9.82. The van der Waals surface area contributed by atoms with Crippen LogP contribution in [-0.4, -0.2) is 62.2 Å². The first-order chi connectivity index (χ1) is 15.2. The van der Waals surface area contributed by atoms with Crippen molar-refractivity contribution in [1.29, 1.82) is 0 Å². The van der Waals surface area contributed by atoms with Gasteiger partial charge in [0.2, 0.25) is 0 Å². The molecule has 0 atom stereocenters. The highest BCUT2D eigenvalue weighted by Gasteiger charge is 2.31. The second-order valence-electron chi connectivity index (χ2n) is 7.10. The molecule has 0 spiro atoms. The lowest BCUT2D eigenvalue weighted by Crippen LogP contribution is -2.48. The molecule has 0 N–H and O–H groups in total. The van der Waals surface area contributed by atoms with E-state index in [4.69, 9.17) is 9.47 Å². The zero-order chi connectivity index (χ0) is 23.3. The van der Waals surface area contributed by atoms with Crippen LogP contribution in [0.1, 0.15) is 15.9 Å². The molecule has 1 fully saturated rings. The van der Waals surface area contributed by atoms with Crippen molar-refractivity contribution in [2.24, 2.45) is 0 Å². The van der Waals surface area contributed by atoms with Crippen molar-refractivity contribution >= 4 is 17.3 Å². The molecule has 8 nitrogen and oxygen atoms in total. The molecular formula is C21H22F3N3O5. The number of rotatable bonds is 7. The fraction of sp³-hybridized carbons (Fsp3) is 0.381. The van der Waals surface area contributed by atoms with Gasteiger partial charge < -0.3 is 19.3 Å². The molecule has 0 aliphatic carbocycles. The SMILES string of the molecule is COCCOc1ccc([N+](=O)[O-])cc1C(=O)N1CCN(c2ccc(C(F)(F)F)cc2)CC1. The Bertz CT molecular complexity index is 958. The molecule has 1 saturated heterocycles. The van der Waals surface area contributed by atoms with Gasteiger partial charge in [-0.25, -0.2) is 0 Å². The van der Waals surface area contributed by atoms with Gasteiger partial charge in [0.15, 0.2) is 0 Å². The zero-order valence-corrected chi connectivity index (χ0v) is 17.3. The number of methoxy groups -OCH3 is 1. The zero-order valence-electron chi connectivity index (χ0n) is 17.3. The molecule has 1 heterocycles. The van der Waals surface area contributed by atoms with Crippen LogP contribution in [0.15, 0.2) is 42.5 Å². The highest BCUT2D eigenvalue weighted by atomic mass is 19.4. The molecule has 0 unspecified atom stereocenters. The fourth-order valence-electron chi connectivity index (χ4n) is 3.36. The van der Waals surface area contributed by atoms with Crippen molar-refractivity contribution in [1.82, 2.24) is 4.90 Å². The normalized spacial score (nSPS) is 14.4. The Morgan fingerprint density at radius 1 is 1.06 bits per heavy atom. The lowest BCUT2D eigenvalue weighted by molar-refractivity contribution is -0.384. The van der Waals surface area contributed by atoms with Gasteiger partial charge >= 0.3 is 6.18 Å². The summed E-state index contributed by atoms with van der Waals surface area (Å²) >= 11 is 0. The number of carbonyl (C=O) groups is 1. The predicted octanol–water partition coefficient (Wildman–Crippen LogP) is 3.60. The Morgan fingerprint density at radius 3 is 2.28 bits per heavy atom. The maximum atomic E-state index is 13.1. The van der Waals surface area contributed by atoms with E-state index in [1.165, 1.54) is 37.4 Å². The average molecular weight is 453 g/mol. The van der Waals surface area contributed by atoms with Crippen LogP contribution < -0.4 is 9.64 Å². The minimum absolute atomic E-state index is 0.0817. The van der Waals surface area contributed by atoms with Crippen molar-refractivity contribution in [2.45, 2.75) is 6.18 Å². The van der Waals surface area contributed by atoms with E-state index in [9.17, 15) is 28.1 Å². The summed E-state index contributed by atoms with van der Waals surface area (Å²) in [6.45, 7) is 1.89. The highest BCUT2D eigenvalue weighted by Crippen LogP contribution is 2.31. The largest absolute Gasteiger partial charge is 0.490 e. The summed E-state index contributed by atoms with van der Waals surface area (Å²) in [7, 11) is 1.50. The quantitative estimate of drug-likeness (QED) is 0.362. The summed E-state index contributed by atoms with van der Waals surface area (Å²) in [4.78, 5) is 27.1. The number of hydrogen-bond acceptors (Lipinski definition) is 6. The van der Waals surface area contributed by atoms with Crippen molar-refractivity contribution in [3.63, 3.8) is 0 Å². The van der Waals surface area contributed by atoms with E-state index in [1.807, 2.05) is 4.90 Å². The third-order valence-electron chi connectivity index (χ3n) is 5.08. The van der Waals surface area contributed by atoms with Crippen molar-refractivity contribution in [3.8, 4) is 5.75 Å².